The summed E-state index contributed by atoms with van der Waals surface area (Å²) in [5.74, 6) is 0.826. The van der Waals surface area contributed by atoms with Crippen LogP contribution in [0.4, 0.5) is 0 Å². The molecule has 0 aliphatic heterocycles. The number of nitrogens with one attached hydrogen (secondary N) is 1. The average Bonchev–Trinajstić information content (AvgIpc) is 2.76. The average molecular weight is 496 g/mol. The zero-order valence-electron chi connectivity index (χ0n) is 19.0. The second-order valence-electron chi connectivity index (χ2n) is 7.80. The highest BCUT2D eigenvalue weighted by atomic mass is 35.5. The summed E-state index contributed by atoms with van der Waals surface area (Å²) in [4.78, 5) is 27.8. The predicted octanol–water partition coefficient (Wildman–Crippen LogP) is 6.26. The lowest BCUT2D eigenvalue weighted by Crippen LogP contribution is -2.49. The quantitative estimate of drug-likeness (QED) is 0.354. The Kier molecular flexibility index (Phi) is 11.4. The van der Waals surface area contributed by atoms with Crippen molar-refractivity contribution in [3.05, 3.63) is 69.2 Å². The zero-order valence-corrected chi connectivity index (χ0v) is 21.3. The van der Waals surface area contributed by atoms with Gasteiger partial charge in [-0.25, -0.2) is 0 Å². The molecule has 4 nitrogen and oxygen atoms in total. The smallest absolute Gasteiger partial charge is 0.242 e. The van der Waals surface area contributed by atoms with Gasteiger partial charge in [0.2, 0.25) is 11.8 Å². The minimum atomic E-state index is -0.550. The van der Waals surface area contributed by atoms with E-state index in [1.165, 1.54) is 11.1 Å². The molecule has 2 rings (SSSR count). The number of hydrogen-bond donors (Lipinski definition) is 1. The van der Waals surface area contributed by atoms with Crippen LogP contribution in [-0.4, -0.2) is 35.1 Å². The van der Waals surface area contributed by atoms with Crippen molar-refractivity contribution in [1.29, 1.82) is 0 Å². The number of halogens is 2. The molecule has 0 aromatic heterocycles. The van der Waals surface area contributed by atoms with Crippen molar-refractivity contribution in [3.8, 4) is 0 Å². The summed E-state index contributed by atoms with van der Waals surface area (Å²) in [5.41, 5.74) is 3.15. The van der Waals surface area contributed by atoms with Crippen molar-refractivity contribution >= 4 is 46.8 Å². The number of nitrogens with zero attached hydrogens (tertiary/aromatic N) is 1. The van der Waals surface area contributed by atoms with Crippen LogP contribution >= 0.6 is 35.0 Å². The molecule has 0 bridgehead atoms. The topological polar surface area (TPSA) is 49.4 Å². The van der Waals surface area contributed by atoms with Crippen LogP contribution in [0.2, 0.25) is 10.0 Å². The molecular formula is C25H32Cl2N2O2S. The van der Waals surface area contributed by atoms with Crippen LogP contribution in [-0.2, 0) is 21.9 Å². The van der Waals surface area contributed by atoms with Crippen molar-refractivity contribution in [2.75, 3.05) is 12.3 Å². The zero-order chi connectivity index (χ0) is 23.5. The van der Waals surface area contributed by atoms with Gasteiger partial charge >= 0.3 is 0 Å². The Morgan fingerprint density at radius 3 is 2.44 bits per heavy atom. The first-order valence-corrected chi connectivity index (χ1v) is 12.9. The number of rotatable bonds is 12. The molecule has 0 spiro atoms. The lowest BCUT2D eigenvalue weighted by Gasteiger charge is -2.31. The fourth-order valence-corrected chi connectivity index (χ4v) is 4.62. The highest BCUT2D eigenvalue weighted by Crippen LogP contribution is 2.24. The third kappa shape index (κ3) is 8.34. The lowest BCUT2D eigenvalue weighted by atomic mass is 10.1. The highest BCUT2D eigenvalue weighted by molar-refractivity contribution is 7.99. The molecule has 174 valence electrons. The largest absolute Gasteiger partial charge is 0.354 e. The summed E-state index contributed by atoms with van der Waals surface area (Å²) in [7, 11) is 0. The van der Waals surface area contributed by atoms with Gasteiger partial charge in [0.15, 0.2) is 0 Å². The number of carbonyl (C=O) groups excluding carboxylic acids is 2. The normalized spacial score (nSPS) is 11.8. The molecule has 32 heavy (non-hydrogen) atoms. The summed E-state index contributed by atoms with van der Waals surface area (Å²) >= 11 is 14.0. The number of amides is 2. The van der Waals surface area contributed by atoms with Gasteiger partial charge in [0.05, 0.1) is 5.75 Å². The number of aryl methyl sites for hydroxylation is 1. The summed E-state index contributed by atoms with van der Waals surface area (Å²) < 4.78 is 0. The van der Waals surface area contributed by atoms with Crippen LogP contribution in [0.1, 0.15) is 49.8 Å². The van der Waals surface area contributed by atoms with Crippen molar-refractivity contribution < 1.29 is 9.59 Å². The maximum atomic E-state index is 13.3. The molecule has 7 heteroatoms. The fraction of sp³-hybridized carbons (Fsp3) is 0.440. The van der Waals surface area contributed by atoms with E-state index in [1.807, 2.05) is 13.0 Å². The first-order valence-electron chi connectivity index (χ1n) is 11.0. The molecule has 0 heterocycles. The molecule has 1 N–H and O–H groups in total. The van der Waals surface area contributed by atoms with E-state index in [0.717, 1.165) is 24.2 Å². The van der Waals surface area contributed by atoms with E-state index in [-0.39, 0.29) is 24.1 Å². The van der Waals surface area contributed by atoms with E-state index in [4.69, 9.17) is 23.2 Å². The van der Waals surface area contributed by atoms with Gasteiger partial charge in [-0.1, -0.05) is 79.4 Å². The molecule has 0 fully saturated rings. The minimum absolute atomic E-state index is 0.0781. The van der Waals surface area contributed by atoms with Gasteiger partial charge < -0.3 is 10.2 Å². The number of carbonyl (C=O) groups is 2. The monoisotopic (exact) mass is 494 g/mol. The Labute approximate surface area is 206 Å². The van der Waals surface area contributed by atoms with E-state index < -0.39 is 6.04 Å². The SMILES string of the molecule is CCCCNC(=O)C(CC)N(Cc1ccc(Cl)cc1Cl)C(=O)CSCc1ccc(C)cc1. The molecule has 2 aromatic carbocycles. The standard InChI is InChI=1S/C25H32Cl2N2O2S/c1-4-6-13-28-25(31)23(5-2)29(15-20-11-12-21(26)14-22(20)27)24(30)17-32-16-19-9-7-18(3)8-10-19/h7-12,14,23H,4-6,13,15-17H2,1-3H3,(H,28,31). The molecule has 0 aliphatic rings. The van der Waals surface area contributed by atoms with Gasteiger partial charge in [-0.2, -0.15) is 0 Å². The molecule has 0 aliphatic carbocycles. The predicted molar refractivity (Wildman–Crippen MR) is 136 cm³/mol. The summed E-state index contributed by atoms with van der Waals surface area (Å²) in [6, 6.07) is 13.0. The molecule has 2 amide bonds. The van der Waals surface area contributed by atoms with E-state index >= 15 is 0 Å². The summed E-state index contributed by atoms with van der Waals surface area (Å²) in [6.45, 7) is 6.92. The molecule has 2 aromatic rings. The highest BCUT2D eigenvalue weighted by Gasteiger charge is 2.28. The molecule has 0 radical (unpaired) electrons. The first kappa shape index (κ1) is 26.6. The molecule has 0 saturated carbocycles. The molecular weight excluding hydrogens is 463 g/mol. The van der Waals surface area contributed by atoms with Gasteiger partial charge in [0.25, 0.3) is 0 Å². The Morgan fingerprint density at radius 2 is 1.81 bits per heavy atom. The summed E-state index contributed by atoms with van der Waals surface area (Å²) in [6.07, 6.45) is 2.43. The fourth-order valence-electron chi connectivity index (χ4n) is 3.28. The van der Waals surface area contributed by atoms with Crippen molar-refractivity contribution in [2.24, 2.45) is 0 Å². The van der Waals surface area contributed by atoms with E-state index in [9.17, 15) is 9.59 Å². The number of benzene rings is 2. The van der Waals surface area contributed by atoms with Gasteiger partial charge in [0.1, 0.15) is 6.04 Å². The van der Waals surface area contributed by atoms with Crippen molar-refractivity contribution in [3.63, 3.8) is 0 Å². The van der Waals surface area contributed by atoms with Crippen LogP contribution in [0, 0.1) is 6.92 Å². The Bertz CT molecular complexity index is 890. The molecule has 1 unspecified atom stereocenters. The van der Waals surface area contributed by atoms with Crippen LogP contribution < -0.4 is 5.32 Å². The lowest BCUT2D eigenvalue weighted by molar-refractivity contribution is -0.139. The Hall–Kier alpha value is -1.69. The maximum Gasteiger partial charge on any atom is 0.242 e. The number of hydrogen-bond acceptors (Lipinski definition) is 3. The number of thioether (sulfide) groups is 1. The van der Waals surface area contributed by atoms with Gasteiger partial charge in [-0.15, -0.1) is 11.8 Å². The van der Waals surface area contributed by atoms with Gasteiger partial charge in [0, 0.05) is 28.9 Å². The second kappa shape index (κ2) is 13.8. The van der Waals surface area contributed by atoms with E-state index in [2.05, 4.69) is 43.4 Å². The minimum Gasteiger partial charge on any atom is -0.354 e. The third-order valence-electron chi connectivity index (χ3n) is 5.19. The van der Waals surface area contributed by atoms with E-state index in [0.29, 0.717) is 23.0 Å². The second-order valence-corrected chi connectivity index (χ2v) is 9.63. The first-order chi connectivity index (χ1) is 15.3. The van der Waals surface area contributed by atoms with Crippen LogP contribution in [0.15, 0.2) is 42.5 Å². The van der Waals surface area contributed by atoms with Crippen molar-refractivity contribution in [2.45, 2.75) is 58.4 Å². The van der Waals surface area contributed by atoms with Crippen LogP contribution in [0.5, 0.6) is 0 Å². The molecule has 1 atom stereocenters. The van der Waals surface area contributed by atoms with E-state index in [1.54, 1.807) is 28.8 Å². The Balaban J connectivity index is 2.14. The number of unbranched alkanes of at least 4 members (excludes halogenated alkanes) is 1. The maximum absolute atomic E-state index is 13.3. The third-order valence-corrected chi connectivity index (χ3v) is 6.76. The molecule has 0 saturated heterocycles. The van der Waals surface area contributed by atoms with Gasteiger partial charge in [-0.3, -0.25) is 9.59 Å². The Morgan fingerprint density at radius 1 is 1.09 bits per heavy atom. The van der Waals surface area contributed by atoms with Gasteiger partial charge in [-0.05, 0) is 43.0 Å². The van der Waals surface area contributed by atoms with Crippen molar-refractivity contribution in [1.82, 2.24) is 10.2 Å². The van der Waals surface area contributed by atoms with Crippen LogP contribution in [0.3, 0.4) is 0 Å². The summed E-state index contributed by atoms with van der Waals surface area (Å²) in [5, 5.41) is 4.00. The van der Waals surface area contributed by atoms with Crippen LogP contribution in [0.25, 0.3) is 0 Å².